The van der Waals surface area contributed by atoms with E-state index in [1.165, 1.54) is 13.8 Å². The maximum Gasteiger partial charge on any atom is 0.326 e. The fourth-order valence-corrected chi connectivity index (χ4v) is 3.49. The van der Waals surface area contributed by atoms with Crippen molar-refractivity contribution in [1.29, 1.82) is 0 Å². The lowest BCUT2D eigenvalue weighted by Crippen LogP contribution is -2.55. The number of carbonyl (C=O) groups is 5. The van der Waals surface area contributed by atoms with Gasteiger partial charge in [0.2, 0.25) is 23.6 Å². The van der Waals surface area contributed by atoms with Crippen LogP contribution in [0.25, 0.3) is 0 Å². The van der Waals surface area contributed by atoms with E-state index in [1.54, 1.807) is 0 Å². The highest BCUT2D eigenvalue weighted by Crippen LogP contribution is 2.27. The van der Waals surface area contributed by atoms with Crippen molar-refractivity contribution in [3.8, 4) is 0 Å². The van der Waals surface area contributed by atoms with Crippen molar-refractivity contribution in [2.45, 2.75) is 89.4 Å². The van der Waals surface area contributed by atoms with Gasteiger partial charge in [0.05, 0.1) is 6.04 Å². The number of amides is 4. The summed E-state index contributed by atoms with van der Waals surface area (Å²) in [4.78, 5) is 59.0. The Morgan fingerprint density at radius 1 is 0.903 bits per heavy atom. The molecule has 0 saturated heterocycles. The molecule has 4 atom stereocenters. The van der Waals surface area contributed by atoms with Crippen LogP contribution in [0.1, 0.15) is 65.2 Å². The number of hydrogen-bond acceptors (Lipinski definition) is 6. The number of primary amides is 1. The van der Waals surface area contributed by atoms with E-state index < -0.39 is 53.8 Å². The molecular formula is C20H35N5O6. The van der Waals surface area contributed by atoms with Gasteiger partial charge < -0.3 is 32.5 Å². The van der Waals surface area contributed by atoms with Crippen molar-refractivity contribution in [2.75, 3.05) is 0 Å². The summed E-state index contributed by atoms with van der Waals surface area (Å²) in [6, 6.07) is -4.00. The molecule has 1 fully saturated rings. The molecule has 0 radical (unpaired) electrons. The van der Waals surface area contributed by atoms with Gasteiger partial charge in [-0.2, -0.15) is 0 Å². The van der Waals surface area contributed by atoms with E-state index >= 15 is 0 Å². The molecule has 1 aliphatic rings. The van der Waals surface area contributed by atoms with Crippen LogP contribution in [0.5, 0.6) is 0 Å². The number of carbonyl (C=O) groups excluding carboxylic acids is 4. The Labute approximate surface area is 182 Å². The lowest BCUT2D eigenvalue weighted by atomic mass is 9.85. The maximum atomic E-state index is 12.4. The molecule has 0 heterocycles. The van der Waals surface area contributed by atoms with E-state index in [1.807, 2.05) is 0 Å². The van der Waals surface area contributed by atoms with Gasteiger partial charge in [0.25, 0.3) is 0 Å². The summed E-state index contributed by atoms with van der Waals surface area (Å²) in [6.45, 7) is 2.85. The topological polar surface area (TPSA) is 194 Å². The zero-order chi connectivity index (χ0) is 23.6. The first kappa shape index (κ1) is 26.3. The predicted molar refractivity (Wildman–Crippen MR) is 112 cm³/mol. The van der Waals surface area contributed by atoms with E-state index in [9.17, 15) is 29.1 Å². The molecule has 11 heteroatoms. The largest absolute Gasteiger partial charge is 0.480 e. The molecule has 0 bridgehead atoms. The van der Waals surface area contributed by atoms with Gasteiger partial charge in [0, 0.05) is 6.42 Å². The summed E-state index contributed by atoms with van der Waals surface area (Å²) < 4.78 is 0. The maximum absolute atomic E-state index is 12.4. The van der Waals surface area contributed by atoms with Crippen LogP contribution in [0.4, 0.5) is 0 Å². The molecule has 1 rings (SSSR count). The lowest BCUT2D eigenvalue weighted by Gasteiger charge is -2.26. The minimum absolute atomic E-state index is 0.0475. The van der Waals surface area contributed by atoms with E-state index in [-0.39, 0.29) is 18.8 Å². The lowest BCUT2D eigenvalue weighted by molar-refractivity contribution is -0.142. The third kappa shape index (κ3) is 9.77. The molecule has 0 aromatic rings. The van der Waals surface area contributed by atoms with Gasteiger partial charge >= 0.3 is 5.97 Å². The molecule has 0 spiro atoms. The van der Waals surface area contributed by atoms with E-state index in [0.717, 1.165) is 32.1 Å². The number of nitrogens with two attached hydrogens (primary N) is 2. The Balaban J connectivity index is 2.51. The molecule has 0 aromatic heterocycles. The van der Waals surface area contributed by atoms with Crippen molar-refractivity contribution < 1.29 is 29.1 Å². The fourth-order valence-electron chi connectivity index (χ4n) is 3.49. The average molecular weight is 442 g/mol. The van der Waals surface area contributed by atoms with Crippen LogP contribution in [0, 0.1) is 5.92 Å². The Kier molecular flexibility index (Phi) is 10.9. The van der Waals surface area contributed by atoms with Crippen LogP contribution in [0.3, 0.4) is 0 Å². The van der Waals surface area contributed by atoms with Crippen LogP contribution in [0.2, 0.25) is 0 Å². The van der Waals surface area contributed by atoms with Gasteiger partial charge in [-0.25, -0.2) is 4.79 Å². The molecular weight excluding hydrogens is 406 g/mol. The molecule has 8 N–H and O–H groups in total. The van der Waals surface area contributed by atoms with E-state index in [0.29, 0.717) is 6.42 Å². The standard InChI is InChI=1S/C20H35N5O6/c1-11(24-19(29)14(21)8-9-16(22)26)17(27)23-12(2)18(28)25-15(20(30)31)10-13-6-4-3-5-7-13/h11-15H,3-10,21H2,1-2H3,(H2,22,26)(H,23,27)(H,24,29)(H,25,28)(H,30,31)/t11-,12-,14-,15-/m0/s1. The van der Waals surface area contributed by atoms with Crippen LogP contribution < -0.4 is 27.4 Å². The van der Waals surface area contributed by atoms with E-state index in [4.69, 9.17) is 11.5 Å². The zero-order valence-corrected chi connectivity index (χ0v) is 18.2. The minimum Gasteiger partial charge on any atom is -0.480 e. The summed E-state index contributed by atoms with van der Waals surface area (Å²) in [5.41, 5.74) is 10.7. The van der Waals surface area contributed by atoms with Crippen molar-refractivity contribution in [1.82, 2.24) is 16.0 Å². The number of nitrogens with one attached hydrogen (secondary N) is 3. The Hall–Kier alpha value is -2.69. The predicted octanol–water partition coefficient (Wildman–Crippen LogP) is -0.872. The Bertz CT molecular complexity index is 664. The van der Waals surface area contributed by atoms with Crippen molar-refractivity contribution in [3.05, 3.63) is 0 Å². The molecule has 4 amide bonds. The van der Waals surface area contributed by atoms with Crippen LogP contribution >= 0.6 is 0 Å². The highest BCUT2D eigenvalue weighted by Gasteiger charge is 2.28. The quantitative estimate of drug-likeness (QED) is 0.226. The molecule has 1 aliphatic carbocycles. The molecule has 0 unspecified atom stereocenters. The second kappa shape index (κ2) is 12.9. The summed E-state index contributed by atoms with van der Waals surface area (Å²) in [5, 5.41) is 16.8. The minimum atomic E-state index is -1.11. The first-order valence-corrected chi connectivity index (χ1v) is 10.7. The Morgan fingerprint density at radius 2 is 1.42 bits per heavy atom. The molecule has 31 heavy (non-hydrogen) atoms. The second-order valence-electron chi connectivity index (χ2n) is 8.21. The molecule has 1 saturated carbocycles. The highest BCUT2D eigenvalue weighted by atomic mass is 16.4. The SMILES string of the molecule is C[C@H](NC(=O)[C@H](C)NC(=O)[C@@H](N)CCC(N)=O)C(=O)N[C@@H](CC1CCCCC1)C(=O)O. The van der Waals surface area contributed by atoms with Gasteiger partial charge in [-0.05, 0) is 32.6 Å². The molecule has 0 aromatic carbocycles. The highest BCUT2D eigenvalue weighted by molar-refractivity contribution is 5.93. The number of carboxylic acid groups (broad SMARTS) is 1. The van der Waals surface area contributed by atoms with Gasteiger partial charge in [-0.15, -0.1) is 0 Å². The van der Waals surface area contributed by atoms with Gasteiger partial charge in [0.1, 0.15) is 18.1 Å². The second-order valence-corrected chi connectivity index (χ2v) is 8.21. The third-order valence-corrected chi connectivity index (χ3v) is 5.45. The zero-order valence-electron chi connectivity index (χ0n) is 18.2. The molecule has 0 aliphatic heterocycles. The monoisotopic (exact) mass is 441 g/mol. The van der Waals surface area contributed by atoms with Crippen molar-refractivity contribution in [3.63, 3.8) is 0 Å². The van der Waals surface area contributed by atoms with Crippen molar-refractivity contribution >= 4 is 29.6 Å². The summed E-state index contributed by atoms with van der Waals surface area (Å²) in [7, 11) is 0. The first-order chi connectivity index (χ1) is 14.5. The van der Waals surface area contributed by atoms with Crippen molar-refractivity contribution in [2.24, 2.45) is 17.4 Å². The number of rotatable bonds is 12. The molecule has 11 nitrogen and oxygen atoms in total. The van der Waals surface area contributed by atoms with Gasteiger partial charge in [-0.3, -0.25) is 19.2 Å². The Morgan fingerprint density at radius 3 is 1.94 bits per heavy atom. The molecule has 176 valence electrons. The number of aliphatic carboxylic acids is 1. The normalized spacial score (nSPS) is 18.2. The first-order valence-electron chi connectivity index (χ1n) is 10.7. The van der Waals surface area contributed by atoms with Crippen LogP contribution in [-0.2, 0) is 24.0 Å². The summed E-state index contributed by atoms with van der Waals surface area (Å²) >= 11 is 0. The summed E-state index contributed by atoms with van der Waals surface area (Å²) in [5.74, 6) is -3.31. The smallest absolute Gasteiger partial charge is 0.326 e. The van der Waals surface area contributed by atoms with Gasteiger partial charge in [-0.1, -0.05) is 32.1 Å². The van der Waals surface area contributed by atoms with E-state index in [2.05, 4.69) is 16.0 Å². The van der Waals surface area contributed by atoms with Crippen LogP contribution in [0.15, 0.2) is 0 Å². The number of hydrogen-bond donors (Lipinski definition) is 6. The van der Waals surface area contributed by atoms with Crippen LogP contribution in [-0.4, -0.2) is 58.9 Å². The van der Waals surface area contributed by atoms with Gasteiger partial charge in [0.15, 0.2) is 0 Å². The third-order valence-electron chi connectivity index (χ3n) is 5.45. The fraction of sp³-hybridized carbons (Fsp3) is 0.750. The summed E-state index contributed by atoms with van der Waals surface area (Å²) in [6.07, 6.45) is 5.52. The average Bonchev–Trinajstić information content (AvgIpc) is 2.71. The number of carboxylic acids is 1.